The Kier molecular flexibility index (Phi) is 5.23. The molecular formula is C16H27N3. The van der Waals surface area contributed by atoms with Crippen LogP contribution in [0.1, 0.15) is 13.3 Å². The summed E-state index contributed by atoms with van der Waals surface area (Å²) in [6.07, 6.45) is 1.35. The lowest BCUT2D eigenvalue weighted by atomic mass is 10.1. The third-order valence-electron chi connectivity index (χ3n) is 4.16. The van der Waals surface area contributed by atoms with Crippen LogP contribution in [0.3, 0.4) is 0 Å². The fourth-order valence-corrected chi connectivity index (χ4v) is 2.74. The third-order valence-corrected chi connectivity index (χ3v) is 4.16. The van der Waals surface area contributed by atoms with Crippen molar-refractivity contribution in [1.29, 1.82) is 0 Å². The van der Waals surface area contributed by atoms with Gasteiger partial charge >= 0.3 is 0 Å². The molecule has 106 valence electrons. The smallest absolute Gasteiger partial charge is 0.0340 e. The van der Waals surface area contributed by atoms with Crippen LogP contribution < -0.4 is 5.32 Å². The van der Waals surface area contributed by atoms with Gasteiger partial charge in [-0.2, -0.15) is 0 Å². The molecule has 0 bridgehead atoms. The summed E-state index contributed by atoms with van der Waals surface area (Å²) in [5.41, 5.74) is 1.21. The number of hydrogen-bond acceptors (Lipinski definition) is 3. The minimum atomic E-state index is 0.561. The number of anilines is 1. The van der Waals surface area contributed by atoms with E-state index in [1.165, 1.54) is 31.7 Å². The Morgan fingerprint density at radius 1 is 1.37 bits per heavy atom. The summed E-state index contributed by atoms with van der Waals surface area (Å²) in [5, 5.41) is 3.51. The van der Waals surface area contributed by atoms with Gasteiger partial charge in [-0.3, -0.25) is 0 Å². The monoisotopic (exact) mass is 261 g/mol. The van der Waals surface area contributed by atoms with Crippen LogP contribution in [0.5, 0.6) is 0 Å². The molecule has 2 rings (SSSR count). The standard InChI is InChI=1S/C16H27N3/c1-14(11-17-16-7-5-4-6-8-16)19(3)13-15-9-10-18(2)12-15/h4-8,14-15,17H,9-13H2,1-3H3. The van der Waals surface area contributed by atoms with Crippen LogP contribution in [0.15, 0.2) is 30.3 Å². The van der Waals surface area contributed by atoms with E-state index in [2.05, 4.69) is 66.5 Å². The van der Waals surface area contributed by atoms with Crippen molar-refractivity contribution in [2.24, 2.45) is 5.92 Å². The molecule has 1 aromatic carbocycles. The van der Waals surface area contributed by atoms with Crippen LogP contribution >= 0.6 is 0 Å². The second-order valence-corrected chi connectivity index (χ2v) is 5.95. The average molecular weight is 261 g/mol. The van der Waals surface area contributed by atoms with Crippen molar-refractivity contribution in [3.8, 4) is 0 Å². The highest BCUT2D eigenvalue weighted by Crippen LogP contribution is 2.16. The SMILES string of the molecule is CC(CNc1ccccc1)N(C)CC1CCN(C)C1. The maximum atomic E-state index is 3.51. The Labute approximate surface area is 117 Å². The van der Waals surface area contributed by atoms with Gasteiger partial charge in [0.1, 0.15) is 0 Å². The summed E-state index contributed by atoms with van der Waals surface area (Å²) in [6, 6.07) is 11.0. The van der Waals surface area contributed by atoms with Crippen molar-refractivity contribution >= 4 is 5.69 Å². The Hall–Kier alpha value is -1.06. The number of para-hydroxylation sites is 1. The van der Waals surface area contributed by atoms with Gasteiger partial charge in [0.25, 0.3) is 0 Å². The fraction of sp³-hybridized carbons (Fsp3) is 0.625. The number of likely N-dealkylation sites (tertiary alicyclic amines) is 1. The van der Waals surface area contributed by atoms with Gasteiger partial charge in [0, 0.05) is 31.4 Å². The molecule has 19 heavy (non-hydrogen) atoms. The van der Waals surface area contributed by atoms with E-state index in [0.717, 1.165) is 12.5 Å². The lowest BCUT2D eigenvalue weighted by Crippen LogP contribution is -2.38. The molecule has 0 saturated carbocycles. The van der Waals surface area contributed by atoms with E-state index in [9.17, 15) is 0 Å². The molecular weight excluding hydrogens is 234 g/mol. The zero-order chi connectivity index (χ0) is 13.7. The van der Waals surface area contributed by atoms with Crippen LogP contribution in [-0.4, -0.2) is 56.1 Å². The largest absolute Gasteiger partial charge is 0.383 e. The van der Waals surface area contributed by atoms with Crippen molar-refractivity contribution in [2.45, 2.75) is 19.4 Å². The van der Waals surface area contributed by atoms with E-state index in [1.807, 2.05) is 0 Å². The lowest BCUT2D eigenvalue weighted by molar-refractivity contribution is 0.225. The quantitative estimate of drug-likeness (QED) is 0.848. The minimum absolute atomic E-state index is 0.561. The van der Waals surface area contributed by atoms with Gasteiger partial charge in [-0.25, -0.2) is 0 Å². The van der Waals surface area contributed by atoms with Crippen LogP contribution in [0.25, 0.3) is 0 Å². The zero-order valence-corrected chi connectivity index (χ0v) is 12.5. The summed E-state index contributed by atoms with van der Waals surface area (Å²) in [7, 11) is 4.47. The highest BCUT2D eigenvalue weighted by Gasteiger charge is 2.22. The average Bonchev–Trinajstić information content (AvgIpc) is 2.82. The summed E-state index contributed by atoms with van der Waals surface area (Å²) < 4.78 is 0. The van der Waals surface area contributed by atoms with Crippen molar-refractivity contribution in [3.63, 3.8) is 0 Å². The maximum absolute atomic E-state index is 3.51. The first-order valence-corrected chi connectivity index (χ1v) is 7.33. The van der Waals surface area contributed by atoms with Gasteiger partial charge in [0.05, 0.1) is 0 Å². The molecule has 1 fully saturated rings. The van der Waals surface area contributed by atoms with Gasteiger partial charge in [0.2, 0.25) is 0 Å². The third kappa shape index (κ3) is 4.51. The van der Waals surface area contributed by atoms with Gasteiger partial charge in [-0.1, -0.05) is 18.2 Å². The second-order valence-electron chi connectivity index (χ2n) is 5.95. The first-order chi connectivity index (χ1) is 9.15. The number of benzene rings is 1. The molecule has 3 heteroatoms. The van der Waals surface area contributed by atoms with E-state index < -0.39 is 0 Å². The predicted octanol–water partition coefficient (Wildman–Crippen LogP) is 2.37. The molecule has 1 N–H and O–H groups in total. The Balaban J connectivity index is 1.71. The van der Waals surface area contributed by atoms with Crippen molar-refractivity contribution in [2.75, 3.05) is 45.6 Å². The van der Waals surface area contributed by atoms with Crippen LogP contribution in [0.2, 0.25) is 0 Å². The summed E-state index contributed by atoms with van der Waals surface area (Å²) in [4.78, 5) is 4.92. The van der Waals surface area contributed by atoms with E-state index in [-0.39, 0.29) is 0 Å². The molecule has 2 atom stereocenters. The summed E-state index contributed by atoms with van der Waals surface area (Å²) >= 11 is 0. The van der Waals surface area contributed by atoms with Gasteiger partial charge < -0.3 is 15.1 Å². The Morgan fingerprint density at radius 2 is 2.11 bits per heavy atom. The molecule has 0 aliphatic carbocycles. The highest BCUT2D eigenvalue weighted by molar-refractivity contribution is 5.42. The van der Waals surface area contributed by atoms with Crippen molar-refractivity contribution < 1.29 is 0 Å². The second kappa shape index (κ2) is 6.92. The van der Waals surface area contributed by atoms with Crippen molar-refractivity contribution in [1.82, 2.24) is 9.80 Å². The van der Waals surface area contributed by atoms with Crippen LogP contribution in [-0.2, 0) is 0 Å². The maximum Gasteiger partial charge on any atom is 0.0340 e. The number of hydrogen-bond donors (Lipinski definition) is 1. The number of nitrogens with zero attached hydrogens (tertiary/aromatic N) is 2. The predicted molar refractivity (Wildman–Crippen MR) is 82.6 cm³/mol. The van der Waals surface area contributed by atoms with Crippen molar-refractivity contribution in [3.05, 3.63) is 30.3 Å². The molecule has 1 saturated heterocycles. The Morgan fingerprint density at radius 3 is 2.74 bits per heavy atom. The number of rotatable bonds is 6. The molecule has 0 aromatic heterocycles. The number of likely N-dealkylation sites (N-methyl/N-ethyl adjacent to an activating group) is 1. The summed E-state index contributed by atoms with van der Waals surface area (Å²) in [5.74, 6) is 0.842. The van der Waals surface area contributed by atoms with Crippen LogP contribution in [0.4, 0.5) is 5.69 Å². The molecule has 3 nitrogen and oxygen atoms in total. The Bertz CT molecular complexity index is 366. The normalized spacial score (nSPS) is 21.8. The van der Waals surface area contributed by atoms with E-state index in [1.54, 1.807) is 0 Å². The molecule has 0 radical (unpaired) electrons. The first-order valence-electron chi connectivity index (χ1n) is 7.33. The number of nitrogens with one attached hydrogen (secondary N) is 1. The molecule has 2 unspecified atom stereocenters. The van der Waals surface area contributed by atoms with E-state index in [0.29, 0.717) is 6.04 Å². The first kappa shape index (κ1) is 14.4. The molecule has 1 aliphatic rings. The minimum Gasteiger partial charge on any atom is -0.383 e. The molecule has 1 heterocycles. The summed E-state index contributed by atoms with van der Waals surface area (Å²) in [6.45, 7) is 7.03. The molecule has 1 aromatic rings. The molecule has 1 aliphatic heterocycles. The van der Waals surface area contributed by atoms with Gasteiger partial charge in [-0.05, 0) is 52.0 Å². The van der Waals surface area contributed by atoms with Gasteiger partial charge in [0.15, 0.2) is 0 Å². The lowest BCUT2D eigenvalue weighted by Gasteiger charge is -2.28. The molecule has 0 spiro atoms. The van der Waals surface area contributed by atoms with E-state index in [4.69, 9.17) is 0 Å². The van der Waals surface area contributed by atoms with Crippen LogP contribution in [0, 0.1) is 5.92 Å². The fourth-order valence-electron chi connectivity index (χ4n) is 2.74. The molecule has 0 amide bonds. The van der Waals surface area contributed by atoms with Gasteiger partial charge in [-0.15, -0.1) is 0 Å². The van der Waals surface area contributed by atoms with E-state index >= 15 is 0 Å². The highest BCUT2D eigenvalue weighted by atomic mass is 15.2. The zero-order valence-electron chi connectivity index (χ0n) is 12.5. The topological polar surface area (TPSA) is 18.5 Å².